The van der Waals surface area contributed by atoms with Crippen LogP contribution in [0.25, 0.3) is 0 Å². The lowest BCUT2D eigenvalue weighted by Gasteiger charge is -2.37. The summed E-state index contributed by atoms with van der Waals surface area (Å²) in [6, 6.07) is 8.16. The van der Waals surface area contributed by atoms with E-state index in [2.05, 4.69) is 21.3 Å². The minimum Gasteiger partial charge on any atom is -0.497 e. The van der Waals surface area contributed by atoms with Crippen molar-refractivity contribution in [2.45, 2.75) is 39.8 Å². The molecule has 2 aromatic rings. The number of hydrogen-bond acceptors (Lipinski definition) is 6. The first-order valence-corrected chi connectivity index (χ1v) is 10.7. The maximum Gasteiger partial charge on any atom is 0.317 e. The van der Waals surface area contributed by atoms with Gasteiger partial charge in [-0.15, -0.1) is 0 Å². The minimum absolute atomic E-state index is 0.00908. The van der Waals surface area contributed by atoms with Crippen LogP contribution in [0.1, 0.15) is 36.5 Å². The van der Waals surface area contributed by atoms with Gasteiger partial charge in [0.15, 0.2) is 0 Å². The Labute approximate surface area is 184 Å². The lowest BCUT2D eigenvalue weighted by Crippen LogP contribution is -2.53. The molecule has 1 aliphatic heterocycles. The van der Waals surface area contributed by atoms with Crippen LogP contribution >= 0.6 is 0 Å². The molecule has 0 aliphatic carbocycles. The van der Waals surface area contributed by atoms with Crippen molar-refractivity contribution in [3.8, 4) is 5.75 Å². The van der Waals surface area contributed by atoms with Gasteiger partial charge >= 0.3 is 6.03 Å². The van der Waals surface area contributed by atoms with E-state index < -0.39 is 0 Å². The van der Waals surface area contributed by atoms with Gasteiger partial charge in [0, 0.05) is 51.3 Å². The SMILES string of the molecule is COCc1nc(C)nc(N2CCN(C(=O)NC(C)C)CC2)c1Cc1cccc(OC)c1. The third-order valence-corrected chi connectivity index (χ3v) is 5.26. The molecule has 0 bridgehead atoms. The second kappa shape index (κ2) is 10.4. The molecule has 1 aliphatic rings. The highest BCUT2D eigenvalue weighted by Gasteiger charge is 2.25. The zero-order chi connectivity index (χ0) is 22.4. The van der Waals surface area contributed by atoms with Crippen molar-refractivity contribution in [1.29, 1.82) is 0 Å². The predicted octanol–water partition coefficient (Wildman–Crippen LogP) is 2.77. The van der Waals surface area contributed by atoms with Crippen LogP contribution in [-0.2, 0) is 17.8 Å². The fourth-order valence-electron chi connectivity index (χ4n) is 3.78. The van der Waals surface area contributed by atoms with E-state index >= 15 is 0 Å². The monoisotopic (exact) mass is 427 g/mol. The van der Waals surface area contributed by atoms with Crippen LogP contribution in [-0.4, -0.2) is 67.3 Å². The first-order valence-electron chi connectivity index (χ1n) is 10.7. The van der Waals surface area contributed by atoms with Crippen molar-refractivity contribution >= 4 is 11.8 Å². The molecule has 0 unspecified atom stereocenters. The lowest BCUT2D eigenvalue weighted by atomic mass is 10.0. The van der Waals surface area contributed by atoms with Crippen molar-refractivity contribution in [2.75, 3.05) is 45.3 Å². The van der Waals surface area contributed by atoms with E-state index in [9.17, 15) is 4.79 Å². The number of aryl methyl sites for hydroxylation is 1. The van der Waals surface area contributed by atoms with Crippen molar-refractivity contribution in [2.24, 2.45) is 0 Å². The summed E-state index contributed by atoms with van der Waals surface area (Å²) in [5, 5.41) is 2.97. The number of hydrogen-bond donors (Lipinski definition) is 1. The standard InChI is InChI=1S/C23H33N5O3/c1-16(2)24-23(29)28-11-9-27(10-12-28)22-20(21(15-30-4)25-17(3)26-22)14-18-7-6-8-19(13-18)31-5/h6-8,13,16H,9-12,14-15H2,1-5H3,(H,24,29). The minimum atomic E-state index is -0.00908. The van der Waals surface area contributed by atoms with E-state index in [4.69, 9.17) is 14.5 Å². The van der Waals surface area contributed by atoms with Gasteiger partial charge in [-0.3, -0.25) is 0 Å². The summed E-state index contributed by atoms with van der Waals surface area (Å²) in [5.74, 6) is 2.47. The molecule has 0 spiro atoms. The molecule has 1 saturated heterocycles. The molecule has 8 heteroatoms. The molecule has 0 atom stereocenters. The van der Waals surface area contributed by atoms with Gasteiger partial charge in [-0.05, 0) is 38.5 Å². The Hall–Kier alpha value is -2.87. The van der Waals surface area contributed by atoms with E-state index in [0.717, 1.165) is 47.3 Å². The molecule has 1 aromatic carbocycles. The summed E-state index contributed by atoms with van der Waals surface area (Å²) in [6.07, 6.45) is 0.680. The van der Waals surface area contributed by atoms with Crippen molar-refractivity contribution in [1.82, 2.24) is 20.2 Å². The maximum absolute atomic E-state index is 12.4. The number of anilines is 1. The number of methoxy groups -OCH3 is 2. The van der Waals surface area contributed by atoms with Gasteiger partial charge in [0.25, 0.3) is 0 Å². The molecule has 31 heavy (non-hydrogen) atoms. The molecule has 1 N–H and O–H groups in total. The highest BCUT2D eigenvalue weighted by atomic mass is 16.5. The second-order valence-corrected chi connectivity index (χ2v) is 8.06. The van der Waals surface area contributed by atoms with Gasteiger partial charge in [-0.25, -0.2) is 14.8 Å². The lowest BCUT2D eigenvalue weighted by molar-refractivity contribution is 0.180. The highest BCUT2D eigenvalue weighted by molar-refractivity contribution is 5.74. The molecule has 8 nitrogen and oxygen atoms in total. The number of ether oxygens (including phenoxy) is 2. The summed E-state index contributed by atoms with van der Waals surface area (Å²) in [5.41, 5.74) is 3.08. The highest BCUT2D eigenvalue weighted by Crippen LogP contribution is 2.27. The van der Waals surface area contributed by atoms with E-state index in [-0.39, 0.29) is 12.1 Å². The Morgan fingerprint density at radius 3 is 2.55 bits per heavy atom. The number of amides is 2. The maximum atomic E-state index is 12.4. The van der Waals surface area contributed by atoms with Gasteiger partial charge in [0.05, 0.1) is 19.4 Å². The molecule has 3 rings (SSSR count). The number of piperazine rings is 1. The zero-order valence-corrected chi connectivity index (χ0v) is 19.1. The molecule has 0 saturated carbocycles. The Kier molecular flexibility index (Phi) is 7.68. The van der Waals surface area contributed by atoms with Crippen LogP contribution in [0.15, 0.2) is 24.3 Å². The van der Waals surface area contributed by atoms with Gasteiger partial charge in [-0.1, -0.05) is 12.1 Å². The first kappa shape index (κ1) is 22.8. The smallest absolute Gasteiger partial charge is 0.317 e. The summed E-state index contributed by atoms with van der Waals surface area (Å²) >= 11 is 0. The molecule has 2 heterocycles. The molecule has 0 radical (unpaired) electrons. The van der Waals surface area contributed by atoms with Crippen molar-refractivity contribution < 1.29 is 14.3 Å². The Bertz CT molecular complexity index is 895. The number of carbonyl (C=O) groups excluding carboxylic acids is 1. The van der Waals surface area contributed by atoms with E-state index in [1.165, 1.54) is 0 Å². The third-order valence-electron chi connectivity index (χ3n) is 5.26. The Morgan fingerprint density at radius 2 is 1.90 bits per heavy atom. The fourth-order valence-corrected chi connectivity index (χ4v) is 3.78. The molecular formula is C23H33N5O3. The first-order chi connectivity index (χ1) is 14.9. The number of nitrogens with one attached hydrogen (secondary N) is 1. The van der Waals surface area contributed by atoms with Crippen LogP contribution in [0, 0.1) is 6.92 Å². The van der Waals surface area contributed by atoms with Crippen LogP contribution < -0.4 is 15.0 Å². The molecule has 1 fully saturated rings. The van der Waals surface area contributed by atoms with E-state index in [0.29, 0.717) is 26.1 Å². The fraction of sp³-hybridized carbons (Fsp3) is 0.522. The molecule has 1 aromatic heterocycles. The quantitative estimate of drug-likeness (QED) is 0.732. The third kappa shape index (κ3) is 5.85. The van der Waals surface area contributed by atoms with Gasteiger partial charge in [-0.2, -0.15) is 0 Å². The number of carbonyl (C=O) groups is 1. The van der Waals surface area contributed by atoms with Crippen LogP contribution in [0.4, 0.5) is 10.6 Å². The average molecular weight is 428 g/mol. The summed E-state index contributed by atoms with van der Waals surface area (Å²) < 4.78 is 10.8. The van der Waals surface area contributed by atoms with Gasteiger partial charge in [0.2, 0.25) is 0 Å². The van der Waals surface area contributed by atoms with Crippen LogP contribution in [0.2, 0.25) is 0 Å². The average Bonchev–Trinajstić information content (AvgIpc) is 2.75. The predicted molar refractivity (Wildman–Crippen MR) is 121 cm³/mol. The van der Waals surface area contributed by atoms with Crippen molar-refractivity contribution in [3.63, 3.8) is 0 Å². The number of nitrogens with zero attached hydrogens (tertiary/aromatic N) is 4. The zero-order valence-electron chi connectivity index (χ0n) is 19.1. The van der Waals surface area contributed by atoms with Crippen molar-refractivity contribution in [3.05, 3.63) is 46.9 Å². The van der Waals surface area contributed by atoms with E-state index in [1.807, 2.05) is 43.9 Å². The van der Waals surface area contributed by atoms with Crippen LogP contribution in [0.3, 0.4) is 0 Å². The second-order valence-electron chi connectivity index (χ2n) is 8.06. The summed E-state index contributed by atoms with van der Waals surface area (Å²) in [6.45, 7) is 9.02. The van der Waals surface area contributed by atoms with Gasteiger partial charge < -0.3 is 24.6 Å². The summed E-state index contributed by atoms with van der Waals surface area (Å²) in [4.78, 5) is 25.9. The molecule has 168 valence electrons. The summed E-state index contributed by atoms with van der Waals surface area (Å²) in [7, 11) is 3.35. The number of benzene rings is 1. The topological polar surface area (TPSA) is 79.8 Å². The molecular weight excluding hydrogens is 394 g/mol. The van der Waals surface area contributed by atoms with Gasteiger partial charge in [0.1, 0.15) is 17.4 Å². The van der Waals surface area contributed by atoms with E-state index in [1.54, 1.807) is 14.2 Å². The normalized spacial score (nSPS) is 14.1. The Morgan fingerprint density at radius 1 is 1.16 bits per heavy atom. The van der Waals surface area contributed by atoms with Crippen LogP contribution in [0.5, 0.6) is 5.75 Å². The largest absolute Gasteiger partial charge is 0.497 e. The number of rotatable bonds is 7. The molecule has 2 amide bonds. The number of aromatic nitrogens is 2. The number of urea groups is 1. The Balaban J connectivity index is 1.86.